The van der Waals surface area contributed by atoms with Crippen LogP contribution in [-0.2, 0) is 6.18 Å². The third kappa shape index (κ3) is 3.62. The Bertz CT molecular complexity index is 1220. The molecule has 1 aromatic heterocycles. The van der Waals surface area contributed by atoms with Crippen LogP contribution in [0.25, 0.3) is 15.8 Å². The number of anilines is 1. The molecule has 7 heteroatoms. The minimum absolute atomic E-state index is 0.421. The molecule has 0 saturated heterocycles. The van der Waals surface area contributed by atoms with E-state index in [0.29, 0.717) is 21.8 Å². The van der Waals surface area contributed by atoms with Crippen molar-refractivity contribution in [2.45, 2.75) is 20.0 Å². The number of allylic oxidation sites excluding steroid dienone is 6. The molecule has 2 aromatic carbocycles. The summed E-state index contributed by atoms with van der Waals surface area (Å²) in [6.45, 7) is 3.62. The van der Waals surface area contributed by atoms with E-state index in [1.165, 1.54) is 17.4 Å². The lowest BCUT2D eigenvalue weighted by Crippen LogP contribution is -2.22. The van der Waals surface area contributed by atoms with Crippen molar-refractivity contribution in [3.63, 3.8) is 0 Å². The van der Waals surface area contributed by atoms with Gasteiger partial charge >= 0.3 is 6.18 Å². The fourth-order valence-corrected chi connectivity index (χ4v) is 4.47. The monoisotopic (exact) mass is 423 g/mol. The Hall–Kier alpha value is -3.37. The highest BCUT2D eigenvalue weighted by atomic mass is 32.1. The van der Waals surface area contributed by atoms with E-state index in [-0.39, 0.29) is 0 Å². The zero-order chi connectivity index (χ0) is 21.5. The minimum Gasteiger partial charge on any atom is -0.318 e. The van der Waals surface area contributed by atoms with Crippen LogP contribution in [0.1, 0.15) is 24.4 Å². The summed E-state index contributed by atoms with van der Waals surface area (Å²) in [6.07, 6.45) is -0.803. The standard InChI is InChI=1S/C23H16F3N3S/c1-14-10-16(19(13-27)22-28-20-8-3-4-9-21(20)30-22)11-15(2)29(14)18-7-5-6-17(12-18)23(24,25)26/h3-12H,1-2H3. The molecule has 150 valence electrons. The molecule has 0 bridgehead atoms. The summed E-state index contributed by atoms with van der Waals surface area (Å²) in [6, 6.07) is 15.1. The third-order valence-corrected chi connectivity index (χ3v) is 5.83. The van der Waals surface area contributed by atoms with Crippen molar-refractivity contribution in [3.05, 3.63) is 88.2 Å². The Morgan fingerprint density at radius 2 is 1.73 bits per heavy atom. The lowest BCUT2D eigenvalue weighted by atomic mass is 10.0. The summed E-state index contributed by atoms with van der Waals surface area (Å²) in [7, 11) is 0. The van der Waals surface area contributed by atoms with E-state index in [9.17, 15) is 18.4 Å². The van der Waals surface area contributed by atoms with Gasteiger partial charge in [-0.2, -0.15) is 18.4 Å². The van der Waals surface area contributed by atoms with Gasteiger partial charge in [0.05, 0.1) is 21.4 Å². The van der Waals surface area contributed by atoms with Crippen LogP contribution in [0, 0.1) is 11.3 Å². The predicted octanol–water partition coefficient (Wildman–Crippen LogP) is 6.92. The SMILES string of the molecule is CC1=CC(=C(C#N)c2nc3ccccc3s2)C=C(C)N1c1cccc(C(F)(F)F)c1. The zero-order valence-electron chi connectivity index (χ0n) is 16.2. The van der Waals surface area contributed by atoms with Gasteiger partial charge in [-0.15, -0.1) is 11.3 Å². The average Bonchev–Trinajstić information content (AvgIpc) is 3.11. The van der Waals surface area contributed by atoms with Gasteiger partial charge in [0.15, 0.2) is 0 Å². The van der Waals surface area contributed by atoms with Crippen LogP contribution < -0.4 is 4.90 Å². The molecule has 0 fully saturated rings. The molecule has 0 spiro atoms. The highest BCUT2D eigenvalue weighted by Crippen LogP contribution is 2.37. The van der Waals surface area contributed by atoms with Gasteiger partial charge in [0.1, 0.15) is 11.1 Å². The Morgan fingerprint density at radius 3 is 2.37 bits per heavy atom. The minimum atomic E-state index is -4.41. The van der Waals surface area contributed by atoms with Crippen molar-refractivity contribution in [2.24, 2.45) is 0 Å². The summed E-state index contributed by atoms with van der Waals surface area (Å²) in [5.74, 6) is 0. The maximum Gasteiger partial charge on any atom is 0.416 e. The Kier molecular flexibility index (Phi) is 4.96. The predicted molar refractivity (Wildman–Crippen MR) is 114 cm³/mol. The number of hydrogen-bond acceptors (Lipinski definition) is 4. The van der Waals surface area contributed by atoms with E-state index in [2.05, 4.69) is 11.1 Å². The normalized spacial score (nSPS) is 14.4. The first-order valence-corrected chi connectivity index (χ1v) is 9.94. The highest BCUT2D eigenvalue weighted by molar-refractivity contribution is 7.19. The van der Waals surface area contributed by atoms with E-state index in [0.717, 1.165) is 33.7 Å². The van der Waals surface area contributed by atoms with Crippen LogP contribution in [0.5, 0.6) is 0 Å². The maximum absolute atomic E-state index is 13.1. The van der Waals surface area contributed by atoms with Crippen LogP contribution in [0.2, 0.25) is 0 Å². The van der Waals surface area contributed by atoms with E-state index in [1.807, 2.05) is 38.1 Å². The van der Waals surface area contributed by atoms with Gasteiger partial charge in [-0.25, -0.2) is 4.98 Å². The second kappa shape index (κ2) is 7.47. The van der Waals surface area contributed by atoms with Gasteiger partial charge in [-0.1, -0.05) is 18.2 Å². The molecule has 0 radical (unpaired) electrons. The van der Waals surface area contributed by atoms with Crippen molar-refractivity contribution in [1.29, 1.82) is 5.26 Å². The van der Waals surface area contributed by atoms with Crippen molar-refractivity contribution in [3.8, 4) is 6.07 Å². The Balaban J connectivity index is 1.77. The number of nitrogens with zero attached hydrogens (tertiary/aromatic N) is 3. The number of para-hydroxylation sites is 1. The number of fused-ring (bicyclic) bond motifs is 1. The molecule has 3 aromatic rings. The summed E-state index contributed by atoms with van der Waals surface area (Å²) in [4.78, 5) is 6.31. The van der Waals surface area contributed by atoms with E-state index < -0.39 is 11.7 Å². The number of benzene rings is 2. The summed E-state index contributed by atoms with van der Waals surface area (Å²) in [5, 5.41) is 10.4. The van der Waals surface area contributed by atoms with Gasteiger partial charge in [0.2, 0.25) is 0 Å². The number of rotatable bonds is 2. The average molecular weight is 423 g/mol. The highest BCUT2D eigenvalue weighted by Gasteiger charge is 2.31. The first-order chi connectivity index (χ1) is 14.3. The molecular weight excluding hydrogens is 407 g/mol. The smallest absolute Gasteiger partial charge is 0.318 e. The molecule has 4 rings (SSSR count). The van der Waals surface area contributed by atoms with Crippen LogP contribution in [-0.4, -0.2) is 4.98 Å². The second-order valence-corrected chi connectivity index (χ2v) is 7.91. The fourth-order valence-electron chi connectivity index (χ4n) is 3.49. The number of alkyl halides is 3. The van der Waals surface area contributed by atoms with Gasteiger partial charge in [0.25, 0.3) is 0 Å². The molecule has 1 aliphatic heterocycles. The van der Waals surface area contributed by atoms with E-state index in [4.69, 9.17) is 0 Å². The second-order valence-electron chi connectivity index (χ2n) is 6.88. The Morgan fingerprint density at radius 1 is 1.03 bits per heavy atom. The summed E-state index contributed by atoms with van der Waals surface area (Å²) in [5.41, 5.74) is 3.12. The number of aromatic nitrogens is 1. The largest absolute Gasteiger partial charge is 0.416 e. The quantitative estimate of drug-likeness (QED) is 0.420. The number of thiazole rings is 1. The molecule has 2 heterocycles. The van der Waals surface area contributed by atoms with Crippen LogP contribution in [0.4, 0.5) is 18.9 Å². The fraction of sp³-hybridized carbons (Fsp3) is 0.130. The van der Waals surface area contributed by atoms with Crippen LogP contribution >= 0.6 is 11.3 Å². The van der Waals surface area contributed by atoms with E-state index in [1.54, 1.807) is 23.1 Å². The molecule has 0 unspecified atom stereocenters. The van der Waals surface area contributed by atoms with Crippen molar-refractivity contribution in [2.75, 3.05) is 4.90 Å². The number of halogens is 3. The van der Waals surface area contributed by atoms with Crippen molar-refractivity contribution < 1.29 is 13.2 Å². The van der Waals surface area contributed by atoms with Gasteiger partial charge in [0, 0.05) is 17.1 Å². The van der Waals surface area contributed by atoms with Crippen molar-refractivity contribution >= 4 is 32.8 Å². The molecule has 0 amide bonds. The molecule has 0 saturated carbocycles. The molecule has 3 nitrogen and oxygen atoms in total. The first-order valence-electron chi connectivity index (χ1n) is 9.12. The maximum atomic E-state index is 13.1. The van der Waals surface area contributed by atoms with Crippen LogP contribution in [0.3, 0.4) is 0 Å². The molecule has 30 heavy (non-hydrogen) atoms. The first kappa shape index (κ1) is 19.9. The van der Waals surface area contributed by atoms with E-state index >= 15 is 0 Å². The summed E-state index contributed by atoms with van der Waals surface area (Å²) >= 11 is 1.44. The van der Waals surface area contributed by atoms with Gasteiger partial charge < -0.3 is 4.90 Å². The zero-order valence-corrected chi connectivity index (χ0v) is 17.0. The molecule has 0 N–H and O–H groups in total. The number of nitriles is 1. The molecule has 0 atom stereocenters. The molecular formula is C23H16F3N3S. The van der Waals surface area contributed by atoms with Gasteiger partial charge in [-0.05, 0) is 61.9 Å². The topological polar surface area (TPSA) is 39.9 Å². The van der Waals surface area contributed by atoms with Crippen LogP contribution in [0.15, 0.2) is 77.7 Å². The summed E-state index contributed by atoms with van der Waals surface area (Å²) < 4.78 is 40.4. The third-order valence-electron chi connectivity index (χ3n) is 4.77. The molecule has 1 aliphatic rings. The number of hydrogen-bond donors (Lipinski definition) is 0. The van der Waals surface area contributed by atoms with Gasteiger partial charge in [-0.3, -0.25) is 0 Å². The van der Waals surface area contributed by atoms with Crippen molar-refractivity contribution in [1.82, 2.24) is 4.98 Å². The Labute approximate surface area is 175 Å². The lowest BCUT2D eigenvalue weighted by molar-refractivity contribution is -0.137. The lowest BCUT2D eigenvalue weighted by Gasteiger charge is -2.30. The molecule has 0 aliphatic carbocycles.